The van der Waals surface area contributed by atoms with Gasteiger partial charge in [0.2, 0.25) is 0 Å². The molecule has 112 valence electrons. The van der Waals surface area contributed by atoms with Gasteiger partial charge < -0.3 is 4.74 Å². The van der Waals surface area contributed by atoms with Crippen molar-refractivity contribution in [3.8, 4) is 0 Å². The topological polar surface area (TPSA) is 44.1 Å². The van der Waals surface area contributed by atoms with Gasteiger partial charge in [-0.25, -0.2) is 0 Å². The second kappa shape index (κ2) is 5.85. The Hall–Kier alpha value is -1.53. The Morgan fingerprint density at radius 2 is 2.05 bits per heavy atom. The van der Waals surface area contributed by atoms with Crippen molar-refractivity contribution in [3.63, 3.8) is 0 Å². The molecule has 20 heavy (non-hydrogen) atoms. The Kier molecular flexibility index (Phi) is 4.35. The molecule has 1 aromatic heterocycles. The average molecular weight is 290 g/mol. The van der Waals surface area contributed by atoms with E-state index in [2.05, 4.69) is 9.84 Å². The van der Waals surface area contributed by atoms with Gasteiger partial charge in [0.1, 0.15) is 0 Å². The summed E-state index contributed by atoms with van der Waals surface area (Å²) in [7, 11) is 1.29. The van der Waals surface area contributed by atoms with Gasteiger partial charge in [-0.3, -0.25) is 9.48 Å². The zero-order valence-corrected chi connectivity index (χ0v) is 11.3. The van der Waals surface area contributed by atoms with Crippen LogP contribution in [-0.4, -0.2) is 22.9 Å². The number of alkyl halides is 3. The Balaban J connectivity index is 2.16. The van der Waals surface area contributed by atoms with Crippen LogP contribution in [0.3, 0.4) is 0 Å². The molecule has 0 aliphatic heterocycles. The molecule has 1 aliphatic rings. The zero-order valence-electron chi connectivity index (χ0n) is 11.3. The molecule has 0 saturated heterocycles. The number of carbonyl (C=O) groups excluding carboxylic acids is 1. The SMILES string of the molecule is COC(=O)CCCn1nc(C(F)(F)F)c2c1CCCC2. The number of nitrogens with zero attached hydrogens (tertiary/aromatic N) is 2. The standard InChI is InChI=1S/C13H17F3N2O2/c1-20-11(19)7-4-8-18-10-6-3-2-5-9(10)12(17-18)13(14,15)16/h2-8H2,1H3. The van der Waals surface area contributed by atoms with E-state index in [-0.39, 0.29) is 12.4 Å². The number of hydrogen-bond acceptors (Lipinski definition) is 3. The Morgan fingerprint density at radius 3 is 2.70 bits per heavy atom. The van der Waals surface area contributed by atoms with Gasteiger partial charge in [-0.2, -0.15) is 18.3 Å². The highest BCUT2D eigenvalue weighted by molar-refractivity contribution is 5.68. The first kappa shape index (κ1) is 14.9. The minimum Gasteiger partial charge on any atom is -0.469 e. The first-order chi connectivity index (χ1) is 9.43. The molecule has 0 radical (unpaired) electrons. The molecule has 0 fully saturated rings. The first-order valence-electron chi connectivity index (χ1n) is 6.66. The lowest BCUT2D eigenvalue weighted by Gasteiger charge is -2.14. The maximum Gasteiger partial charge on any atom is 0.435 e. The van der Waals surface area contributed by atoms with Gasteiger partial charge in [0.05, 0.1) is 7.11 Å². The van der Waals surface area contributed by atoms with E-state index in [1.54, 1.807) is 0 Å². The molecule has 0 saturated carbocycles. The smallest absolute Gasteiger partial charge is 0.435 e. The van der Waals surface area contributed by atoms with Gasteiger partial charge in [0.25, 0.3) is 0 Å². The van der Waals surface area contributed by atoms with Crippen LogP contribution >= 0.6 is 0 Å². The largest absolute Gasteiger partial charge is 0.469 e. The lowest BCUT2D eigenvalue weighted by Crippen LogP contribution is -2.11. The molecule has 2 rings (SSSR count). The number of hydrogen-bond donors (Lipinski definition) is 0. The summed E-state index contributed by atoms with van der Waals surface area (Å²) >= 11 is 0. The highest BCUT2D eigenvalue weighted by atomic mass is 19.4. The molecule has 0 N–H and O–H groups in total. The molecule has 4 nitrogen and oxygen atoms in total. The van der Waals surface area contributed by atoms with E-state index >= 15 is 0 Å². The van der Waals surface area contributed by atoms with Gasteiger partial charge >= 0.3 is 12.1 Å². The van der Waals surface area contributed by atoms with Crippen molar-refractivity contribution in [2.45, 2.75) is 51.2 Å². The fraction of sp³-hybridized carbons (Fsp3) is 0.692. The van der Waals surface area contributed by atoms with Crippen LogP contribution < -0.4 is 0 Å². The molecule has 0 spiro atoms. The third-order valence-corrected chi connectivity index (χ3v) is 3.50. The number of ether oxygens (including phenoxy) is 1. The van der Waals surface area contributed by atoms with E-state index in [1.165, 1.54) is 11.8 Å². The number of carbonyl (C=O) groups is 1. The number of halogens is 3. The maximum absolute atomic E-state index is 12.9. The minimum atomic E-state index is -4.41. The molecule has 0 amide bonds. The van der Waals surface area contributed by atoms with Crippen LogP contribution in [0.4, 0.5) is 13.2 Å². The Labute approximate surface area is 114 Å². The highest BCUT2D eigenvalue weighted by Crippen LogP contribution is 2.35. The van der Waals surface area contributed by atoms with Gasteiger partial charge in [-0.1, -0.05) is 0 Å². The van der Waals surface area contributed by atoms with E-state index in [4.69, 9.17) is 0 Å². The van der Waals surface area contributed by atoms with Crippen molar-refractivity contribution in [1.29, 1.82) is 0 Å². The van der Waals surface area contributed by atoms with Crippen LogP contribution in [0.5, 0.6) is 0 Å². The summed E-state index contributed by atoms with van der Waals surface area (Å²) in [6, 6.07) is 0. The van der Waals surface area contributed by atoms with E-state index < -0.39 is 11.9 Å². The fourth-order valence-corrected chi connectivity index (χ4v) is 2.56. The van der Waals surface area contributed by atoms with Crippen molar-refractivity contribution in [1.82, 2.24) is 9.78 Å². The summed E-state index contributed by atoms with van der Waals surface area (Å²) in [5, 5.41) is 3.73. The van der Waals surface area contributed by atoms with E-state index in [0.717, 1.165) is 12.8 Å². The van der Waals surface area contributed by atoms with Gasteiger partial charge in [-0.15, -0.1) is 0 Å². The Bertz CT molecular complexity index is 495. The van der Waals surface area contributed by atoms with Crippen LogP contribution in [0.25, 0.3) is 0 Å². The Morgan fingerprint density at radius 1 is 1.35 bits per heavy atom. The predicted octanol–water partition coefficient (Wildman–Crippen LogP) is 2.73. The van der Waals surface area contributed by atoms with Crippen LogP contribution in [0.2, 0.25) is 0 Å². The fourth-order valence-electron chi connectivity index (χ4n) is 2.56. The first-order valence-corrected chi connectivity index (χ1v) is 6.66. The summed E-state index contributed by atoms with van der Waals surface area (Å²) in [5.41, 5.74) is 0.250. The molecular weight excluding hydrogens is 273 g/mol. The van der Waals surface area contributed by atoms with Gasteiger partial charge in [0.15, 0.2) is 5.69 Å². The van der Waals surface area contributed by atoms with Gasteiger partial charge in [-0.05, 0) is 32.1 Å². The summed E-state index contributed by atoms with van der Waals surface area (Å²) in [6.07, 6.45) is -1.09. The molecule has 1 aromatic rings. The van der Waals surface area contributed by atoms with Crippen LogP contribution in [0, 0.1) is 0 Å². The summed E-state index contributed by atoms with van der Waals surface area (Å²) in [6.45, 7) is 0.313. The van der Waals surface area contributed by atoms with Gasteiger partial charge in [0, 0.05) is 24.2 Å². The van der Waals surface area contributed by atoms with E-state index in [9.17, 15) is 18.0 Å². The molecular formula is C13H17F3N2O2. The van der Waals surface area contributed by atoms with Crippen LogP contribution in [0.1, 0.15) is 42.6 Å². The summed E-state index contributed by atoms with van der Waals surface area (Å²) in [5.74, 6) is -0.359. The van der Waals surface area contributed by atoms with E-state index in [0.29, 0.717) is 37.1 Å². The van der Waals surface area contributed by atoms with Crippen LogP contribution in [0.15, 0.2) is 0 Å². The van der Waals surface area contributed by atoms with Crippen molar-refractivity contribution in [3.05, 3.63) is 17.0 Å². The second-order valence-corrected chi connectivity index (χ2v) is 4.88. The number of fused-ring (bicyclic) bond motifs is 1. The number of aryl methyl sites for hydroxylation is 1. The third kappa shape index (κ3) is 3.13. The maximum atomic E-state index is 12.9. The molecule has 0 bridgehead atoms. The number of aromatic nitrogens is 2. The molecule has 0 unspecified atom stereocenters. The molecule has 0 aromatic carbocycles. The van der Waals surface area contributed by atoms with E-state index in [1.807, 2.05) is 0 Å². The number of methoxy groups -OCH3 is 1. The molecule has 7 heteroatoms. The zero-order chi connectivity index (χ0) is 14.8. The van der Waals surface area contributed by atoms with Crippen molar-refractivity contribution >= 4 is 5.97 Å². The third-order valence-electron chi connectivity index (χ3n) is 3.50. The number of esters is 1. The lowest BCUT2D eigenvalue weighted by molar-refractivity contribution is -0.142. The van der Waals surface area contributed by atoms with Crippen molar-refractivity contribution in [2.75, 3.05) is 7.11 Å². The second-order valence-electron chi connectivity index (χ2n) is 4.88. The monoisotopic (exact) mass is 290 g/mol. The quantitative estimate of drug-likeness (QED) is 0.801. The summed E-state index contributed by atoms with van der Waals surface area (Å²) in [4.78, 5) is 11.0. The van der Waals surface area contributed by atoms with Crippen molar-refractivity contribution in [2.24, 2.45) is 0 Å². The van der Waals surface area contributed by atoms with Crippen molar-refractivity contribution < 1.29 is 22.7 Å². The average Bonchev–Trinajstić information content (AvgIpc) is 2.78. The highest BCUT2D eigenvalue weighted by Gasteiger charge is 2.39. The number of rotatable bonds is 4. The molecule has 0 atom stereocenters. The summed E-state index contributed by atoms with van der Waals surface area (Å²) < 4.78 is 44.8. The normalized spacial score (nSPS) is 15.0. The molecule has 1 heterocycles. The van der Waals surface area contributed by atoms with Crippen LogP contribution in [-0.2, 0) is 35.1 Å². The molecule has 1 aliphatic carbocycles. The predicted molar refractivity (Wildman–Crippen MR) is 65.1 cm³/mol. The lowest BCUT2D eigenvalue weighted by atomic mass is 9.95. The minimum absolute atomic E-state index is 0.187.